The van der Waals surface area contributed by atoms with Crippen molar-refractivity contribution >= 4 is 11.8 Å². The van der Waals surface area contributed by atoms with Gasteiger partial charge in [-0.2, -0.15) is 0 Å². The summed E-state index contributed by atoms with van der Waals surface area (Å²) in [4.78, 5) is 21.6. The Hall–Kier alpha value is -1.91. The highest BCUT2D eigenvalue weighted by molar-refractivity contribution is 5.83. The van der Waals surface area contributed by atoms with Crippen molar-refractivity contribution in [2.45, 2.75) is 12.8 Å². The summed E-state index contributed by atoms with van der Waals surface area (Å²) in [5.74, 6) is -1.12. The first-order valence-corrected chi connectivity index (χ1v) is 4.87. The maximum atomic E-state index is 12.6. The molecule has 0 radical (unpaired) electrons. The first kappa shape index (κ1) is 12.2. The summed E-state index contributed by atoms with van der Waals surface area (Å²) in [6.45, 7) is -0.151. The molecule has 5 heteroatoms. The SMILES string of the molecule is NC(=O)CNC(=O)CCc1ccc(F)cc1. The minimum Gasteiger partial charge on any atom is -0.368 e. The van der Waals surface area contributed by atoms with Crippen molar-refractivity contribution in [3.05, 3.63) is 35.6 Å². The Balaban J connectivity index is 2.31. The summed E-state index contributed by atoms with van der Waals surface area (Å²) in [6.07, 6.45) is 0.754. The van der Waals surface area contributed by atoms with E-state index in [1.807, 2.05) is 0 Å². The highest BCUT2D eigenvalue weighted by atomic mass is 19.1. The molecule has 1 rings (SSSR count). The lowest BCUT2D eigenvalue weighted by atomic mass is 10.1. The van der Waals surface area contributed by atoms with Gasteiger partial charge in [-0.1, -0.05) is 12.1 Å². The zero-order chi connectivity index (χ0) is 12.0. The number of carbonyl (C=O) groups excluding carboxylic acids is 2. The molecule has 3 N–H and O–H groups in total. The number of halogens is 1. The lowest BCUT2D eigenvalue weighted by Gasteiger charge is -2.02. The van der Waals surface area contributed by atoms with Crippen LogP contribution < -0.4 is 11.1 Å². The van der Waals surface area contributed by atoms with Gasteiger partial charge in [0, 0.05) is 6.42 Å². The molecule has 0 fully saturated rings. The smallest absolute Gasteiger partial charge is 0.236 e. The Morgan fingerprint density at radius 2 is 1.88 bits per heavy atom. The second-order valence-electron chi connectivity index (χ2n) is 3.37. The summed E-state index contributed by atoms with van der Waals surface area (Å²) in [7, 11) is 0. The van der Waals surface area contributed by atoms with Gasteiger partial charge in [-0.15, -0.1) is 0 Å². The molecule has 0 spiro atoms. The number of aryl methyl sites for hydroxylation is 1. The number of hydrogen-bond acceptors (Lipinski definition) is 2. The van der Waals surface area contributed by atoms with Gasteiger partial charge in [-0.25, -0.2) is 4.39 Å². The van der Waals surface area contributed by atoms with E-state index in [2.05, 4.69) is 5.32 Å². The maximum absolute atomic E-state index is 12.6. The molecule has 1 aromatic rings. The topological polar surface area (TPSA) is 72.2 Å². The Morgan fingerprint density at radius 1 is 1.25 bits per heavy atom. The first-order chi connectivity index (χ1) is 7.58. The number of nitrogens with one attached hydrogen (secondary N) is 1. The number of rotatable bonds is 5. The lowest BCUT2D eigenvalue weighted by molar-refractivity contribution is -0.124. The quantitative estimate of drug-likeness (QED) is 0.758. The van der Waals surface area contributed by atoms with Gasteiger partial charge in [0.1, 0.15) is 5.82 Å². The third-order valence-electron chi connectivity index (χ3n) is 2.01. The number of primary amides is 1. The molecule has 0 unspecified atom stereocenters. The van der Waals surface area contributed by atoms with E-state index in [0.717, 1.165) is 5.56 Å². The van der Waals surface area contributed by atoms with E-state index < -0.39 is 5.91 Å². The summed E-state index contributed by atoms with van der Waals surface area (Å²) >= 11 is 0. The standard InChI is InChI=1S/C11H13FN2O2/c12-9-4-1-8(2-5-9)3-6-11(16)14-7-10(13)15/h1-2,4-5H,3,6-7H2,(H2,13,15)(H,14,16). The second-order valence-corrected chi connectivity index (χ2v) is 3.37. The monoisotopic (exact) mass is 224 g/mol. The molecule has 0 atom stereocenters. The molecule has 16 heavy (non-hydrogen) atoms. The molecule has 0 saturated heterocycles. The number of hydrogen-bond donors (Lipinski definition) is 2. The van der Waals surface area contributed by atoms with Crippen LogP contribution in [0.2, 0.25) is 0 Å². The van der Waals surface area contributed by atoms with Crippen LogP contribution in [0.5, 0.6) is 0 Å². The van der Waals surface area contributed by atoms with Crippen LogP contribution in [0.1, 0.15) is 12.0 Å². The fourth-order valence-corrected chi connectivity index (χ4v) is 1.18. The van der Waals surface area contributed by atoms with Crippen molar-refractivity contribution in [3.8, 4) is 0 Å². The molecule has 0 aliphatic heterocycles. The number of carbonyl (C=O) groups is 2. The van der Waals surface area contributed by atoms with Crippen molar-refractivity contribution in [2.75, 3.05) is 6.54 Å². The van der Waals surface area contributed by atoms with Crippen LogP contribution in [0.25, 0.3) is 0 Å². The van der Waals surface area contributed by atoms with Crippen LogP contribution in [-0.2, 0) is 16.0 Å². The number of benzene rings is 1. The van der Waals surface area contributed by atoms with Gasteiger partial charge in [-0.3, -0.25) is 9.59 Å². The van der Waals surface area contributed by atoms with Crippen LogP contribution in [0.15, 0.2) is 24.3 Å². The minimum atomic E-state index is -0.574. The van der Waals surface area contributed by atoms with Crippen LogP contribution in [0, 0.1) is 5.82 Å². The summed E-state index contributed by atoms with van der Waals surface area (Å²) < 4.78 is 12.6. The minimum absolute atomic E-state index is 0.151. The van der Waals surface area contributed by atoms with Gasteiger partial charge >= 0.3 is 0 Å². The molecular formula is C11H13FN2O2. The van der Waals surface area contributed by atoms with Gasteiger partial charge in [0.2, 0.25) is 11.8 Å². The van der Waals surface area contributed by atoms with Gasteiger partial charge < -0.3 is 11.1 Å². The van der Waals surface area contributed by atoms with Gasteiger partial charge in [0.25, 0.3) is 0 Å². The van der Waals surface area contributed by atoms with E-state index in [0.29, 0.717) is 6.42 Å². The van der Waals surface area contributed by atoms with Gasteiger partial charge in [-0.05, 0) is 24.1 Å². The molecule has 0 aliphatic carbocycles. The van der Waals surface area contributed by atoms with Crippen LogP contribution >= 0.6 is 0 Å². The molecule has 4 nitrogen and oxygen atoms in total. The highest BCUT2D eigenvalue weighted by Crippen LogP contribution is 2.05. The molecular weight excluding hydrogens is 211 g/mol. The van der Waals surface area contributed by atoms with Crippen molar-refractivity contribution in [1.29, 1.82) is 0 Å². The third-order valence-corrected chi connectivity index (χ3v) is 2.01. The van der Waals surface area contributed by atoms with Crippen LogP contribution in [0.4, 0.5) is 4.39 Å². The van der Waals surface area contributed by atoms with Crippen molar-refractivity contribution < 1.29 is 14.0 Å². The first-order valence-electron chi connectivity index (χ1n) is 4.87. The second kappa shape index (κ2) is 5.85. The molecule has 86 valence electrons. The fourth-order valence-electron chi connectivity index (χ4n) is 1.18. The molecule has 1 aromatic carbocycles. The normalized spacial score (nSPS) is 9.81. The van der Waals surface area contributed by atoms with Gasteiger partial charge in [0.15, 0.2) is 0 Å². The van der Waals surface area contributed by atoms with Gasteiger partial charge in [0.05, 0.1) is 6.54 Å². The lowest BCUT2D eigenvalue weighted by Crippen LogP contribution is -2.33. The van der Waals surface area contributed by atoms with Crippen molar-refractivity contribution in [1.82, 2.24) is 5.32 Å². The molecule has 0 heterocycles. The average Bonchev–Trinajstić information content (AvgIpc) is 2.25. The number of amides is 2. The summed E-state index contributed by atoms with van der Waals surface area (Å²) in [5, 5.41) is 2.38. The Morgan fingerprint density at radius 3 is 2.44 bits per heavy atom. The van der Waals surface area contributed by atoms with E-state index in [1.165, 1.54) is 12.1 Å². The zero-order valence-corrected chi connectivity index (χ0v) is 8.70. The maximum Gasteiger partial charge on any atom is 0.236 e. The Bertz CT molecular complexity index is 376. The molecule has 0 aromatic heterocycles. The van der Waals surface area contributed by atoms with Crippen molar-refractivity contribution in [3.63, 3.8) is 0 Å². The highest BCUT2D eigenvalue weighted by Gasteiger charge is 2.03. The van der Waals surface area contributed by atoms with E-state index in [9.17, 15) is 14.0 Å². The summed E-state index contributed by atoms with van der Waals surface area (Å²) in [5.41, 5.74) is 5.74. The molecule has 2 amide bonds. The van der Waals surface area contributed by atoms with Crippen molar-refractivity contribution in [2.24, 2.45) is 5.73 Å². The fraction of sp³-hybridized carbons (Fsp3) is 0.273. The average molecular weight is 224 g/mol. The van der Waals surface area contributed by atoms with E-state index in [4.69, 9.17) is 5.73 Å². The third kappa shape index (κ3) is 4.54. The van der Waals surface area contributed by atoms with Crippen LogP contribution in [0.3, 0.4) is 0 Å². The van der Waals surface area contributed by atoms with E-state index >= 15 is 0 Å². The summed E-state index contributed by atoms with van der Waals surface area (Å²) in [6, 6.07) is 5.93. The predicted molar refractivity (Wildman–Crippen MR) is 56.9 cm³/mol. The zero-order valence-electron chi connectivity index (χ0n) is 8.70. The van der Waals surface area contributed by atoms with Crippen LogP contribution in [-0.4, -0.2) is 18.4 Å². The Kier molecular flexibility index (Phi) is 4.44. The predicted octanol–water partition coefficient (Wildman–Crippen LogP) is 0.360. The van der Waals surface area contributed by atoms with E-state index in [-0.39, 0.29) is 24.7 Å². The molecule has 0 saturated carbocycles. The van der Waals surface area contributed by atoms with E-state index in [1.54, 1.807) is 12.1 Å². The largest absolute Gasteiger partial charge is 0.368 e. The number of nitrogens with two attached hydrogens (primary N) is 1. The molecule has 0 aliphatic rings. The molecule has 0 bridgehead atoms. The Labute approximate surface area is 92.6 Å².